The van der Waals surface area contributed by atoms with Crippen LogP contribution in [0.5, 0.6) is 0 Å². The average molecular weight is 455 g/mol. The lowest BCUT2D eigenvalue weighted by Gasteiger charge is -2.35. The predicted octanol–water partition coefficient (Wildman–Crippen LogP) is 4.05. The maximum absolute atomic E-state index is 12.9. The molecule has 4 aromatic rings. The van der Waals surface area contributed by atoms with Gasteiger partial charge in [0.2, 0.25) is 10.0 Å². The molecule has 9 heteroatoms. The number of fused-ring (bicyclic) bond motifs is 1. The van der Waals surface area contributed by atoms with E-state index in [1.807, 2.05) is 6.07 Å². The quantitative estimate of drug-likeness (QED) is 0.462. The van der Waals surface area contributed by atoms with Crippen LogP contribution in [-0.4, -0.2) is 48.9 Å². The molecular weight excluding hydrogens is 436 g/mol. The molecule has 158 valence electrons. The van der Waals surface area contributed by atoms with Crippen LogP contribution in [0.25, 0.3) is 22.5 Å². The van der Waals surface area contributed by atoms with Crippen molar-refractivity contribution in [3.8, 4) is 11.6 Å². The molecule has 1 fully saturated rings. The van der Waals surface area contributed by atoms with Crippen molar-refractivity contribution < 1.29 is 12.8 Å². The van der Waals surface area contributed by atoms with Gasteiger partial charge in [-0.25, -0.2) is 18.4 Å². The maximum Gasteiger partial charge on any atom is 0.243 e. The molecule has 0 saturated carbocycles. The van der Waals surface area contributed by atoms with Crippen molar-refractivity contribution in [3.63, 3.8) is 0 Å². The second-order valence-corrected chi connectivity index (χ2v) is 9.59. The summed E-state index contributed by atoms with van der Waals surface area (Å²) >= 11 is 6.19. The van der Waals surface area contributed by atoms with Gasteiger partial charge in [0, 0.05) is 36.6 Å². The summed E-state index contributed by atoms with van der Waals surface area (Å²) in [5, 5.41) is 1.44. The minimum atomic E-state index is -3.52. The Hall–Kier alpha value is -2.94. The van der Waals surface area contributed by atoms with Crippen LogP contribution in [0.3, 0.4) is 0 Å². The van der Waals surface area contributed by atoms with Crippen molar-refractivity contribution >= 4 is 38.3 Å². The van der Waals surface area contributed by atoms with Gasteiger partial charge in [-0.05, 0) is 42.5 Å². The van der Waals surface area contributed by atoms with E-state index in [1.54, 1.807) is 60.9 Å². The Bertz CT molecular complexity index is 1320. The number of furan rings is 1. The maximum atomic E-state index is 12.9. The molecule has 0 bridgehead atoms. The van der Waals surface area contributed by atoms with E-state index >= 15 is 0 Å². The number of rotatable bonds is 4. The molecule has 3 heterocycles. The van der Waals surface area contributed by atoms with Gasteiger partial charge in [-0.2, -0.15) is 4.31 Å². The molecule has 0 N–H and O–H groups in total. The zero-order chi connectivity index (χ0) is 21.4. The van der Waals surface area contributed by atoms with E-state index in [0.29, 0.717) is 53.2 Å². The lowest BCUT2D eigenvalue weighted by Crippen LogP contribution is -2.49. The molecule has 0 amide bonds. The average Bonchev–Trinajstić information content (AvgIpc) is 3.34. The summed E-state index contributed by atoms with van der Waals surface area (Å²) < 4.78 is 32.9. The summed E-state index contributed by atoms with van der Waals surface area (Å²) in [4.78, 5) is 11.8. The lowest BCUT2D eigenvalue weighted by molar-refractivity contribution is 0.384. The molecule has 1 aliphatic rings. The highest BCUT2D eigenvalue weighted by molar-refractivity contribution is 7.89. The van der Waals surface area contributed by atoms with Crippen LogP contribution < -0.4 is 4.90 Å². The smallest absolute Gasteiger partial charge is 0.243 e. The second-order valence-electron chi connectivity index (χ2n) is 7.21. The number of hydrogen-bond acceptors (Lipinski definition) is 6. The molecule has 0 unspecified atom stereocenters. The molecule has 5 rings (SSSR count). The number of piperazine rings is 1. The zero-order valence-electron chi connectivity index (χ0n) is 16.5. The van der Waals surface area contributed by atoms with Gasteiger partial charge in [-0.15, -0.1) is 0 Å². The number of hydrogen-bond donors (Lipinski definition) is 0. The Labute approximate surface area is 184 Å². The Morgan fingerprint density at radius 1 is 0.903 bits per heavy atom. The van der Waals surface area contributed by atoms with Crippen molar-refractivity contribution in [2.45, 2.75) is 4.90 Å². The summed E-state index contributed by atoms with van der Waals surface area (Å²) in [6, 6.07) is 17.6. The molecule has 2 aromatic carbocycles. The molecule has 31 heavy (non-hydrogen) atoms. The van der Waals surface area contributed by atoms with E-state index in [1.165, 1.54) is 4.31 Å². The van der Waals surface area contributed by atoms with Crippen molar-refractivity contribution in [2.75, 3.05) is 31.1 Å². The van der Waals surface area contributed by atoms with E-state index in [2.05, 4.69) is 9.88 Å². The van der Waals surface area contributed by atoms with Gasteiger partial charge in [0.05, 0.1) is 16.7 Å². The molecule has 0 atom stereocenters. The molecule has 1 aliphatic heterocycles. The second kappa shape index (κ2) is 7.96. The Morgan fingerprint density at radius 2 is 1.68 bits per heavy atom. The Morgan fingerprint density at radius 3 is 2.39 bits per heavy atom. The summed E-state index contributed by atoms with van der Waals surface area (Å²) in [6.45, 7) is 1.76. The monoisotopic (exact) mass is 454 g/mol. The zero-order valence-corrected chi connectivity index (χ0v) is 18.1. The van der Waals surface area contributed by atoms with Crippen LogP contribution in [0.1, 0.15) is 0 Å². The predicted molar refractivity (Wildman–Crippen MR) is 120 cm³/mol. The lowest BCUT2D eigenvalue weighted by atomic mass is 10.2. The first-order chi connectivity index (χ1) is 15.0. The van der Waals surface area contributed by atoms with E-state index < -0.39 is 10.0 Å². The number of nitrogens with zero attached hydrogens (tertiary/aromatic N) is 4. The number of anilines is 1. The normalized spacial score (nSPS) is 15.5. The van der Waals surface area contributed by atoms with Crippen LogP contribution in [0.4, 0.5) is 5.82 Å². The fourth-order valence-electron chi connectivity index (χ4n) is 3.72. The highest BCUT2D eigenvalue weighted by atomic mass is 35.5. The van der Waals surface area contributed by atoms with Gasteiger partial charge in [0.25, 0.3) is 0 Å². The van der Waals surface area contributed by atoms with Crippen LogP contribution in [-0.2, 0) is 10.0 Å². The third kappa shape index (κ3) is 3.78. The van der Waals surface area contributed by atoms with Gasteiger partial charge >= 0.3 is 0 Å². The van der Waals surface area contributed by atoms with E-state index in [9.17, 15) is 8.42 Å². The Kier molecular flexibility index (Phi) is 5.13. The minimum absolute atomic E-state index is 0.311. The first-order valence-corrected chi connectivity index (χ1v) is 11.7. The Balaban J connectivity index is 1.47. The van der Waals surface area contributed by atoms with Crippen LogP contribution in [0.15, 0.2) is 76.2 Å². The third-order valence-corrected chi connectivity index (χ3v) is 7.45. The van der Waals surface area contributed by atoms with Gasteiger partial charge in [0.15, 0.2) is 11.6 Å². The van der Waals surface area contributed by atoms with E-state index in [-0.39, 0.29) is 0 Å². The van der Waals surface area contributed by atoms with Crippen molar-refractivity contribution in [3.05, 3.63) is 71.9 Å². The molecule has 0 radical (unpaired) electrons. The SMILES string of the molecule is O=S(=O)(c1ccccc1)N1CCN(c2nc(-c3ccco3)nc3cc(Cl)ccc23)CC1. The van der Waals surface area contributed by atoms with E-state index in [4.69, 9.17) is 21.0 Å². The highest BCUT2D eigenvalue weighted by Crippen LogP contribution is 2.30. The number of benzene rings is 2. The summed E-state index contributed by atoms with van der Waals surface area (Å²) in [6.07, 6.45) is 1.58. The first kappa shape index (κ1) is 20.0. The van der Waals surface area contributed by atoms with Crippen molar-refractivity contribution in [1.29, 1.82) is 0 Å². The largest absolute Gasteiger partial charge is 0.461 e. The minimum Gasteiger partial charge on any atom is -0.461 e. The van der Waals surface area contributed by atoms with Gasteiger partial charge in [-0.3, -0.25) is 0 Å². The van der Waals surface area contributed by atoms with Crippen molar-refractivity contribution in [1.82, 2.24) is 14.3 Å². The summed E-state index contributed by atoms with van der Waals surface area (Å²) in [5.74, 6) is 1.77. The molecule has 0 spiro atoms. The number of halogens is 1. The molecular formula is C22H19ClN4O3S. The van der Waals surface area contributed by atoms with Crippen LogP contribution >= 0.6 is 11.6 Å². The highest BCUT2D eigenvalue weighted by Gasteiger charge is 2.29. The van der Waals surface area contributed by atoms with Crippen molar-refractivity contribution in [2.24, 2.45) is 0 Å². The van der Waals surface area contributed by atoms with Gasteiger partial charge < -0.3 is 9.32 Å². The van der Waals surface area contributed by atoms with E-state index in [0.717, 1.165) is 11.2 Å². The van der Waals surface area contributed by atoms with Crippen LogP contribution in [0.2, 0.25) is 5.02 Å². The third-order valence-electron chi connectivity index (χ3n) is 5.30. The molecule has 1 saturated heterocycles. The topological polar surface area (TPSA) is 79.5 Å². The molecule has 0 aliphatic carbocycles. The summed E-state index contributed by atoms with van der Waals surface area (Å²) in [5.41, 5.74) is 0.711. The number of sulfonamides is 1. The van der Waals surface area contributed by atoms with Gasteiger partial charge in [0.1, 0.15) is 5.82 Å². The summed E-state index contributed by atoms with van der Waals surface area (Å²) in [7, 11) is -3.52. The number of aromatic nitrogens is 2. The first-order valence-electron chi connectivity index (χ1n) is 9.84. The fraction of sp³-hybridized carbons (Fsp3) is 0.182. The standard InChI is InChI=1S/C22H19ClN4O3S/c23-16-8-9-18-19(15-16)24-21(20-7-4-14-30-20)25-22(18)26-10-12-27(13-11-26)31(28,29)17-5-2-1-3-6-17/h1-9,14-15H,10-13H2. The fourth-order valence-corrected chi connectivity index (χ4v) is 5.33. The van der Waals surface area contributed by atoms with Crippen LogP contribution in [0, 0.1) is 0 Å². The van der Waals surface area contributed by atoms with Gasteiger partial charge in [-0.1, -0.05) is 29.8 Å². The molecule has 7 nitrogen and oxygen atoms in total. The molecule has 2 aromatic heterocycles.